The summed E-state index contributed by atoms with van der Waals surface area (Å²) in [6.45, 7) is 1.85. The molecule has 0 saturated carbocycles. The monoisotopic (exact) mass is 345 g/mol. The molecule has 0 aliphatic heterocycles. The SMILES string of the molecule is COCCN(Cc1ccccc1)C(=S)Nc1ccc([N+](=O)[O-])cc1. The van der Waals surface area contributed by atoms with Gasteiger partial charge in [0, 0.05) is 38.0 Å². The van der Waals surface area contributed by atoms with Crippen molar-refractivity contribution in [1.29, 1.82) is 0 Å². The molecule has 0 saturated heterocycles. The van der Waals surface area contributed by atoms with Crippen LogP contribution in [0, 0.1) is 10.1 Å². The van der Waals surface area contributed by atoms with Crippen LogP contribution in [0.2, 0.25) is 0 Å². The van der Waals surface area contributed by atoms with Crippen molar-refractivity contribution in [1.82, 2.24) is 4.90 Å². The Balaban J connectivity index is 2.04. The molecule has 0 radical (unpaired) electrons. The Hall–Kier alpha value is -2.51. The third-order valence-electron chi connectivity index (χ3n) is 3.40. The van der Waals surface area contributed by atoms with Crippen molar-refractivity contribution in [2.24, 2.45) is 0 Å². The number of anilines is 1. The van der Waals surface area contributed by atoms with Crippen molar-refractivity contribution in [3.05, 3.63) is 70.3 Å². The lowest BCUT2D eigenvalue weighted by atomic mass is 10.2. The van der Waals surface area contributed by atoms with E-state index in [0.717, 1.165) is 5.56 Å². The van der Waals surface area contributed by atoms with Crippen molar-refractivity contribution >= 4 is 28.7 Å². The van der Waals surface area contributed by atoms with E-state index in [0.29, 0.717) is 30.5 Å². The van der Waals surface area contributed by atoms with Gasteiger partial charge < -0.3 is 15.0 Å². The predicted molar refractivity (Wildman–Crippen MR) is 98.0 cm³/mol. The van der Waals surface area contributed by atoms with Crippen molar-refractivity contribution in [3.8, 4) is 0 Å². The Morgan fingerprint density at radius 2 is 1.88 bits per heavy atom. The average Bonchev–Trinajstić information content (AvgIpc) is 2.60. The number of nitrogens with one attached hydrogen (secondary N) is 1. The van der Waals surface area contributed by atoms with Crippen LogP contribution >= 0.6 is 12.2 Å². The molecular weight excluding hydrogens is 326 g/mol. The molecular formula is C17H19N3O3S. The topological polar surface area (TPSA) is 67.6 Å². The molecule has 126 valence electrons. The summed E-state index contributed by atoms with van der Waals surface area (Å²) < 4.78 is 5.15. The fraction of sp³-hybridized carbons (Fsp3) is 0.235. The highest BCUT2D eigenvalue weighted by Gasteiger charge is 2.11. The number of methoxy groups -OCH3 is 1. The summed E-state index contributed by atoms with van der Waals surface area (Å²) in [5.41, 5.74) is 1.90. The van der Waals surface area contributed by atoms with Gasteiger partial charge in [0.25, 0.3) is 5.69 Å². The van der Waals surface area contributed by atoms with Crippen LogP contribution in [0.5, 0.6) is 0 Å². The first-order valence-corrected chi connectivity index (χ1v) is 7.84. The maximum Gasteiger partial charge on any atom is 0.269 e. The molecule has 0 fully saturated rings. The van der Waals surface area contributed by atoms with Crippen LogP contribution in [0.1, 0.15) is 5.56 Å². The van der Waals surface area contributed by atoms with Gasteiger partial charge in [-0.15, -0.1) is 0 Å². The molecule has 7 heteroatoms. The smallest absolute Gasteiger partial charge is 0.269 e. The summed E-state index contributed by atoms with van der Waals surface area (Å²) in [4.78, 5) is 12.3. The van der Waals surface area contributed by atoms with E-state index in [9.17, 15) is 10.1 Å². The number of hydrogen-bond acceptors (Lipinski definition) is 4. The van der Waals surface area contributed by atoms with Gasteiger partial charge in [-0.05, 0) is 29.9 Å². The molecule has 0 amide bonds. The molecule has 2 aromatic rings. The van der Waals surface area contributed by atoms with Gasteiger partial charge in [-0.3, -0.25) is 10.1 Å². The van der Waals surface area contributed by atoms with E-state index < -0.39 is 4.92 Å². The highest BCUT2D eigenvalue weighted by Crippen LogP contribution is 2.16. The van der Waals surface area contributed by atoms with Crippen LogP contribution in [0.4, 0.5) is 11.4 Å². The van der Waals surface area contributed by atoms with E-state index in [1.54, 1.807) is 19.2 Å². The van der Waals surface area contributed by atoms with E-state index in [1.807, 2.05) is 35.2 Å². The normalized spacial score (nSPS) is 10.2. The Labute approximate surface area is 146 Å². The molecule has 2 aromatic carbocycles. The summed E-state index contributed by atoms with van der Waals surface area (Å²) in [6.07, 6.45) is 0. The van der Waals surface area contributed by atoms with E-state index in [4.69, 9.17) is 17.0 Å². The van der Waals surface area contributed by atoms with Gasteiger partial charge in [-0.25, -0.2) is 0 Å². The van der Waals surface area contributed by atoms with Gasteiger partial charge in [-0.2, -0.15) is 0 Å². The minimum atomic E-state index is -0.428. The van der Waals surface area contributed by atoms with Gasteiger partial charge in [0.1, 0.15) is 0 Å². The summed E-state index contributed by atoms with van der Waals surface area (Å²) in [6, 6.07) is 16.2. The van der Waals surface area contributed by atoms with E-state index in [2.05, 4.69) is 5.32 Å². The second kappa shape index (κ2) is 8.95. The molecule has 0 bridgehead atoms. The van der Waals surface area contributed by atoms with Crippen molar-refractivity contribution in [3.63, 3.8) is 0 Å². The molecule has 0 aliphatic rings. The molecule has 0 atom stereocenters. The third kappa shape index (κ3) is 5.29. The van der Waals surface area contributed by atoms with Gasteiger partial charge in [-0.1, -0.05) is 30.3 Å². The van der Waals surface area contributed by atoms with Crippen LogP contribution in [0.25, 0.3) is 0 Å². The number of ether oxygens (including phenoxy) is 1. The molecule has 0 heterocycles. The Kier molecular flexibility index (Phi) is 6.65. The number of nitrogens with zero attached hydrogens (tertiary/aromatic N) is 2. The molecule has 24 heavy (non-hydrogen) atoms. The highest BCUT2D eigenvalue weighted by atomic mass is 32.1. The lowest BCUT2D eigenvalue weighted by Gasteiger charge is -2.25. The van der Waals surface area contributed by atoms with Gasteiger partial charge in [0.2, 0.25) is 0 Å². The zero-order valence-electron chi connectivity index (χ0n) is 13.3. The van der Waals surface area contributed by atoms with Crippen LogP contribution in [-0.2, 0) is 11.3 Å². The van der Waals surface area contributed by atoms with Crippen molar-refractivity contribution < 1.29 is 9.66 Å². The van der Waals surface area contributed by atoms with Crippen molar-refractivity contribution in [2.75, 3.05) is 25.6 Å². The first-order valence-electron chi connectivity index (χ1n) is 7.43. The number of non-ortho nitro benzene ring substituents is 1. The number of hydrogen-bond donors (Lipinski definition) is 1. The fourth-order valence-electron chi connectivity index (χ4n) is 2.13. The molecule has 1 N–H and O–H groups in total. The largest absolute Gasteiger partial charge is 0.383 e. The van der Waals surface area contributed by atoms with E-state index in [-0.39, 0.29) is 5.69 Å². The highest BCUT2D eigenvalue weighted by molar-refractivity contribution is 7.80. The minimum absolute atomic E-state index is 0.0481. The average molecular weight is 345 g/mol. The summed E-state index contributed by atoms with van der Waals surface area (Å²) in [7, 11) is 1.65. The fourth-order valence-corrected chi connectivity index (χ4v) is 2.40. The van der Waals surface area contributed by atoms with Crippen LogP contribution in [-0.4, -0.2) is 35.2 Å². The summed E-state index contributed by atoms with van der Waals surface area (Å²) in [5.74, 6) is 0. The number of nitro groups is 1. The predicted octanol–water partition coefficient (Wildman–Crippen LogP) is 3.44. The molecule has 0 aromatic heterocycles. The number of thiocarbonyl (C=S) groups is 1. The molecule has 0 spiro atoms. The second-order valence-electron chi connectivity index (χ2n) is 5.13. The molecule has 0 unspecified atom stereocenters. The molecule has 0 aliphatic carbocycles. The lowest BCUT2D eigenvalue weighted by Crippen LogP contribution is -2.36. The Bertz CT molecular complexity index is 677. The number of nitro benzene ring substituents is 1. The minimum Gasteiger partial charge on any atom is -0.383 e. The number of benzene rings is 2. The Morgan fingerprint density at radius 3 is 2.46 bits per heavy atom. The van der Waals surface area contributed by atoms with Gasteiger partial charge in [0.05, 0.1) is 11.5 Å². The molecule has 2 rings (SSSR count). The summed E-state index contributed by atoms with van der Waals surface area (Å²) >= 11 is 5.48. The zero-order chi connectivity index (χ0) is 17.4. The first kappa shape index (κ1) is 17.8. The van der Waals surface area contributed by atoms with Crippen LogP contribution in [0.15, 0.2) is 54.6 Å². The van der Waals surface area contributed by atoms with Gasteiger partial charge >= 0.3 is 0 Å². The summed E-state index contributed by atoms with van der Waals surface area (Å²) in [5, 5.41) is 14.4. The maximum atomic E-state index is 10.7. The van der Waals surface area contributed by atoms with Crippen LogP contribution < -0.4 is 5.32 Å². The van der Waals surface area contributed by atoms with Crippen LogP contribution in [0.3, 0.4) is 0 Å². The van der Waals surface area contributed by atoms with E-state index >= 15 is 0 Å². The molecule has 6 nitrogen and oxygen atoms in total. The lowest BCUT2D eigenvalue weighted by molar-refractivity contribution is -0.384. The standard InChI is InChI=1S/C17H19N3O3S/c1-23-12-11-19(13-14-5-3-2-4-6-14)17(24)18-15-7-9-16(10-8-15)20(21)22/h2-10H,11-13H2,1H3,(H,18,24). The van der Waals surface area contributed by atoms with E-state index in [1.165, 1.54) is 12.1 Å². The Morgan fingerprint density at radius 1 is 1.21 bits per heavy atom. The van der Waals surface area contributed by atoms with Gasteiger partial charge in [0.15, 0.2) is 5.11 Å². The third-order valence-corrected chi connectivity index (χ3v) is 3.76. The number of rotatable bonds is 7. The van der Waals surface area contributed by atoms with Crippen molar-refractivity contribution in [2.45, 2.75) is 6.54 Å². The zero-order valence-corrected chi connectivity index (χ0v) is 14.2. The second-order valence-corrected chi connectivity index (χ2v) is 5.52. The first-order chi connectivity index (χ1) is 11.6. The quantitative estimate of drug-likeness (QED) is 0.471. The maximum absolute atomic E-state index is 10.7.